The van der Waals surface area contributed by atoms with Crippen LogP contribution in [0.2, 0.25) is 0 Å². The highest BCUT2D eigenvalue weighted by molar-refractivity contribution is 5.00. The van der Waals surface area contributed by atoms with E-state index in [9.17, 15) is 0 Å². The molecule has 0 radical (unpaired) electrons. The summed E-state index contributed by atoms with van der Waals surface area (Å²) in [5.74, 6) is 0. The highest BCUT2D eigenvalue weighted by Gasteiger charge is 2.43. The number of hydrogen-bond donors (Lipinski definition) is 2. The van der Waals surface area contributed by atoms with E-state index in [-0.39, 0.29) is 17.7 Å². The summed E-state index contributed by atoms with van der Waals surface area (Å²) >= 11 is 0. The highest BCUT2D eigenvalue weighted by atomic mass is 16.5. The Morgan fingerprint density at radius 3 is 2.09 bits per heavy atom. The van der Waals surface area contributed by atoms with Crippen LogP contribution < -0.4 is 11.5 Å². The summed E-state index contributed by atoms with van der Waals surface area (Å²) in [5, 5.41) is 0. The molecule has 0 amide bonds. The van der Waals surface area contributed by atoms with Gasteiger partial charge in [-0.25, -0.2) is 0 Å². The lowest BCUT2D eigenvalue weighted by Crippen LogP contribution is -2.51. The van der Waals surface area contributed by atoms with Crippen molar-refractivity contribution in [2.45, 2.75) is 44.4 Å². The van der Waals surface area contributed by atoms with Crippen molar-refractivity contribution in [1.82, 2.24) is 0 Å². The van der Waals surface area contributed by atoms with Crippen LogP contribution in [0.15, 0.2) is 0 Å². The van der Waals surface area contributed by atoms with Gasteiger partial charge in [0.2, 0.25) is 0 Å². The number of nitrogens with two attached hydrogens (primary N) is 2. The number of rotatable bonds is 2. The van der Waals surface area contributed by atoms with Gasteiger partial charge in [0.1, 0.15) is 0 Å². The molecule has 0 aromatic carbocycles. The molecule has 4 N–H and O–H groups in total. The average molecular weight is 158 g/mol. The number of hydrogen-bond acceptors (Lipinski definition) is 3. The second-order valence-corrected chi connectivity index (χ2v) is 3.27. The summed E-state index contributed by atoms with van der Waals surface area (Å²) in [4.78, 5) is 0. The normalized spacial score (nSPS) is 36.0. The van der Waals surface area contributed by atoms with Crippen molar-refractivity contribution in [3.63, 3.8) is 0 Å². The fourth-order valence-corrected chi connectivity index (χ4v) is 1.78. The summed E-state index contributed by atoms with van der Waals surface area (Å²) in [6.45, 7) is 4.81. The summed E-state index contributed by atoms with van der Waals surface area (Å²) in [5.41, 5.74) is 11.5. The third kappa shape index (κ3) is 1.28. The van der Waals surface area contributed by atoms with Crippen molar-refractivity contribution in [3.8, 4) is 0 Å². The topological polar surface area (TPSA) is 61.3 Å². The van der Waals surface area contributed by atoms with E-state index < -0.39 is 0 Å². The van der Waals surface area contributed by atoms with Crippen molar-refractivity contribution in [3.05, 3.63) is 0 Å². The molecule has 2 atom stereocenters. The Kier molecular flexibility index (Phi) is 2.52. The first-order chi connectivity index (χ1) is 5.16. The van der Waals surface area contributed by atoms with Gasteiger partial charge in [0.25, 0.3) is 0 Å². The largest absolute Gasteiger partial charge is 0.372 e. The van der Waals surface area contributed by atoms with E-state index in [0.717, 1.165) is 12.8 Å². The molecule has 1 aliphatic rings. The van der Waals surface area contributed by atoms with Crippen LogP contribution in [0.3, 0.4) is 0 Å². The smallest absolute Gasteiger partial charge is 0.0844 e. The molecule has 0 aromatic heterocycles. The zero-order valence-corrected chi connectivity index (χ0v) is 7.34. The van der Waals surface area contributed by atoms with Gasteiger partial charge >= 0.3 is 0 Å². The summed E-state index contributed by atoms with van der Waals surface area (Å²) in [6, 6.07) is 0.0346. The molecule has 3 nitrogen and oxygen atoms in total. The Hall–Kier alpha value is -0.120. The predicted molar refractivity (Wildman–Crippen MR) is 45.2 cm³/mol. The van der Waals surface area contributed by atoms with Crippen molar-refractivity contribution in [2.75, 3.05) is 6.61 Å². The SMILES string of the molecule is CCC1(CC)OCC(N)C1N. The van der Waals surface area contributed by atoms with E-state index >= 15 is 0 Å². The van der Waals surface area contributed by atoms with Crippen LogP contribution in [-0.4, -0.2) is 24.3 Å². The molecule has 0 aromatic rings. The first-order valence-corrected chi connectivity index (χ1v) is 4.31. The van der Waals surface area contributed by atoms with Gasteiger partial charge in [0.05, 0.1) is 18.2 Å². The molecule has 2 unspecified atom stereocenters. The van der Waals surface area contributed by atoms with Gasteiger partial charge in [-0.15, -0.1) is 0 Å². The van der Waals surface area contributed by atoms with Gasteiger partial charge in [-0.1, -0.05) is 13.8 Å². The maximum Gasteiger partial charge on any atom is 0.0844 e. The lowest BCUT2D eigenvalue weighted by Gasteiger charge is -2.30. The number of ether oxygens (including phenoxy) is 1. The van der Waals surface area contributed by atoms with Crippen LogP contribution in [0.25, 0.3) is 0 Å². The summed E-state index contributed by atoms with van der Waals surface area (Å²) in [6.07, 6.45) is 1.91. The van der Waals surface area contributed by atoms with Crippen LogP contribution in [0.5, 0.6) is 0 Å². The second-order valence-electron chi connectivity index (χ2n) is 3.27. The molecule has 3 heteroatoms. The van der Waals surface area contributed by atoms with Gasteiger partial charge in [-0.2, -0.15) is 0 Å². The highest BCUT2D eigenvalue weighted by Crippen LogP contribution is 2.30. The molecule has 0 bridgehead atoms. The molecule has 1 rings (SSSR count). The van der Waals surface area contributed by atoms with E-state index in [1.54, 1.807) is 0 Å². The molecular weight excluding hydrogens is 140 g/mol. The summed E-state index contributed by atoms with van der Waals surface area (Å²) < 4.78 is 5.61. The van der Waals surface area contributed by atoms with E-state index in [2.05, 4.69) is 13.8 Å². The van der Waals surface area contributed by atoms with Crippen molar-refractivity contribution in [1.29, 1.82) is 0 Å². The maximum absolute atomic E-state index is 5.93. The zero-order chi connectivity index (χ0) is 8.48. The Morgan fingerprint density at radius 1 is 1.36 bits per heavy atom. The predicted octanol–water partition coefficient (Wildman–Crippen LogP) is 0.230. The van der Waals surface area contributed by atoms with E-state index in [4.69, 9.17) is 16.2 Å². The molecule has 1 heterocycles. The molecule has 1 saturated heterocycles. The quantitative estimate of drug-likeness (QED) is 0.604. The van der Waals surface area contributed by atoms with Crippen LogP contribution in [0, 0.1) is 0 Å². The standard InChI is InChI=1S/C8H18N2O/c1-3-8(4-2)7(10)6(9)5-11-8/h6-7H,3-5,9-10H2,1-2H3. The molecule has 0 spiro atoms. The van der Waals surface area contributed by atoms with Crippen molar-refractivity contribution >= 4 is 0 Å². The van der Waals surface area contributed by atoms with E-state index in [0.29, 0.717) is 6.61 Å². The van der Waals surface area contributed by atoms with Crippen LogP contribution in [-0.2, 0) is 4.74 Å². The fraction of sp³-hybridized carbons (Fsp3) is 1.00. The molecule has 11 heavy (non-hydrogen) atoms. The van der Waals surface area contributed by atoms with Crippen LogP contribution >= 0.6 is 0 Å². The zero-order valence-electron chi connectivity index (χ0n) is 7.34. The average Bonchev–Trinajstić information content (AvgIpc) is 2.32. The third-order valence-corrected chi connectivity index (χ3v) is 2.83. The molecule has 1 aliphatic heterocycles. The van der Waals surface area contributed by atoms with Gasteiger partial charge < -0.3 is 16.2 Å². The maximum atomic E-state index is 5.93. The Balaban J connectivity index is 2.69. The van der Waals surface area contributed by atoms with Gasteiger partial charge in [0.15, 0.2) is 0 Å². The minimum absolute atomic E-state index is 0.0116. The molecule has 66 valence electrons. The monoisotopic (exact) mass is 158 g/mol. The molecule has 0 aliphatic carbocycles. The molecule has 0 saturated carbocycles. The van der Waals surface area contributed by atoms with E-state index in [1.165, 1.54) is 0 Å². The minimum Gasteiger partial charge on any atom is -0.372 e. The van der Waals surface area contributed by atoms with Crippen LogP contribution in [0.1, 0.15) is 26.7 Å². The fourth-order valence-electron chi connectivity index (χ4n) is 1.78. The van der Waals surface area contributed by atoms with Gasteiger partial charge in [0, 0.05) is 6.04 Å². The lowest BCUT2D eigenvalue weighted by atomic mass is 9.88. The lowest BCUT2D eigenvalue weighted by molar-refractivity contribution is -0.0105. The second kappa shape index (κ2) is 3.09. The summed E-state index contributed by atoms with van der Waals surface area (Å²) in [7, 11) is 0. The van der Waals surface area contributed by atoms with Crippen molar-refractivity contribution < 1.29 is 4.74 Å². The van der Waals surface area contributed by atoms with E-state index in [1.807, 2.05) is 0 Å². The van der Waals surface area contributed by atoms with Gasteiger partial charge in [-0.05, 0) is 12.8 Å². The van der Waals surface area contributed by atoms with Gasteiger partial charge in [-0.3, -0.25) is 0 Å². The molecular formula is C8H18N2O. The third-order valence-electron chi connectivity index (χ3n) is 2.83. The Labute approximate surface area is 68.1 Å². The first-order valence-electron chi connectivity index (χ1n) is 4.31. The van der Waals surface area contributed by atoms with Crippen LogP contribution in [0.4, 0.5) is 0 Å². The Morgan fingerprint density at radius 2 is 1.91 bits per heavy atom. The first kappa shape index (κ1) is 8.97. The van der Waals surface area contributed by atoms with Crippen molar-refractivity contribution in [2.24, 2.45) is 11.5 Å². The molecule has 1 fully saturated rings. The minimum atomic E-state index is -0.139. The Bertz CT molecular complexity index is 134.